The summed E-state index contributed by atoms with van der Waals surface area (Å²) >= 11 is 3.73. The minimum Gasteiger partial charge on any atom is -0.497 e. The predicted octanol–water partition coefficient (Wildman–Crippen LogP) is 4.84. The van der Waals surface area contributed by atoms with Crippen molar-refractivity contribution in [2.45, 2.75) is 12.5 Å². The molecule has 0 spiro atoms. The lowest BCUT2D eigenvalue weighted by Crippen LogP contribution is -2.37. The molecule has 0 aliphatic carbocycles. The number of hydrogen-bond acceptors (Lipinski definition) is 5. The average molecular weight is 372 g/mol. The van der Waals surface area contributed by atoms with Crippen molar-refractivity contribution in [2.24, 2.45) is 0 Å². The van der Waals surface area contributed by atoms with Crippen LogP contribution >= 0.6 is 22.7 Å². The third-order valence-electron chi connectivity index (χ3n) is 4.59. The van der Waals surface area contributed by atoms with Crippen LogP contribution in [0.4, 0.5) is 0 Å². The molecule has 1 atom stereocenters. The molecule has 130 valence electrons. The Hall–Kier alpha value is -1.82. The maximum absolute atomic E-state index is 5.95. The number of hydrogen-bond donors (Lipinski definition) is 0. The van der Waals surface area contributed by atoms with Crippen LogP contribution in [0, 0.1) is 0 Å². The summed E-state index contributed by atoms with van der Waals surface area (Å²) in [6.07, 6.45) is 1.14. The minimum atomic E-state index is 0.370. The van der Waals surface area contributed by atoms with Crippen molar-refractivity contribution >= 4 is 22.7 Å². The van der Waals surface area contributed by atoms with E-state index in [4.69, 9.17) is 9.47 Å². The maximum atomic E-state index is 5.95. The standard InChI is InChI=1S/C20H21NO2S2/c1-22-15-4-6-16(7-5-15)23-12-11-21-10-8-18-17(9-14-25-18)20(21)19-3-2-13-24-19/h2-7,9,13-14,20H,8,10-12H2,1H3. The Morgan fingerprint density at radius 3 is 2.64 bits per heavy atom. The summed E-state index contributed by atoms with van der Waals surface area (Å²) in [5.41, 5.74) is 1.48. The first-order chi connectivity index (χ1) is 12.3. The SMILES string of the molecule is COc1ccc(OCCN2CCc3sccc3C2c2cccs2)cc1. The van der Waals surface area contributed by atoms with E-state index < -0.39 is 0 Å². The molecule has 1 aliphatic rings. The molecule has 0 N–H and O–H groups in total. The largest absolute Gasteiger partial charge is 0.497 e. The van der Waals surface area contributed by atoms with Crippen molar-refractivity contribution in [1.29, 1.82) is 0 Å². The summed E-state index contributed by atoms with van der Waals surface area (Å²) in [6.45, 7) is 2.69. The van der Waals surface area contributed by atoms with Gasteiger partial charge in [0.1, 0.15) is 18.1 Å². The van der Waals surface area contributed by atoms with Gasteiger partial charge in [0.15, 0.2) is 0 Å². The fourth-order valence-electron chi connectivity index (χ4n) is 3.34. The Kier molecular flexibility index (Phi) is 5.06. The minimum absolute atomic E-state index is 0.370. The fraction of sp³-hybridized carbons (Fsp3) is 0.300. The molecule has 25 heavy (non-hydrogen) atoms. The third-order valence-corrected chi connectivity index (χ3v) is 6.51. The van der Waals surface area contributed by atoms with Crippen LogP contribution in [0.5, 0.6) is 11.5 Å². The first-order valence-electron chi connectivity index (χ1n) is 8.46. The Labute approximate surface area is 156 Å². The number of rotatable bonds is 6. The Balaban J connectivity index is 1.44. The normalized spacial score (nSPS) is 17.2. The number of thiophene rings is 2. The van der Waals surface area contributed by atoms with Crippen LogP contribution < -0.4 is 9.47 Å². The molecule has 2 aromatic heterocycles. The molecule has 5 heteroatoms. The second-order valence-corrected chi connectivity index (χ2v) is 8.01. The molecule has 0 saturated heterocycles. The second-order valence-electron chi connectivity index (χ2n) is 6.03. The summed E-state index contributed by atoms with van der Waals surface area (Å²) in [4.78, 5) is 5.50. The van der Waals surface area contributed by atoms with E-state index in [2.05, 4.69) is 33.9 Å². The summed E-state index contributed by atoms with van der Waals surface area (Å²) < 4.78 is 11.1. The highest BCUT2D eigenvalue weighted by molar-refractivity contribution is 7.10. The van der Waals surface area contributed by atoms with E-state index in [9.17, 15) is 0 Å². The van der Waals surface area contributed by atoms with E-state index in [-0.39, 0.29) is 0 Å². The molecular weight excluding hydrogens is 350 g/mol. The second kappa shape index (κ2) is 7.60. The van der Waals surface area contributed by atoms with Gasteiger partial charge >= 0.3 is 0 Å². The smallest absolute Gasteiger partial charge is 0.119 e. The van der Waals surface area contributed by atoms with Crippen molar-refractivity contribution < 1.29 is 9.47 Å². The van der Waals surface area contributed by atoms with Crippen molar-refractivity contribution in [3.8, 4) is 11.5 Å². The molecule has 0 fully saturated rings. The number of fused-ring (bicyclic) bond motifs is 1. The summed E-state index contributed by atoms with van der Waals surface area (Å²) in [6, 6.07) is 14.8. The van der Waals surface area contributed by atoms with Crippen molar-refractivity contribution in [3.63, 3.8) is 0 Å². The molecule has 1 aliphatic heterocycles. The first kappa shape index (κ1) is 16.6. The molecule has 3 heterocycles. The molecule has 0 amide bonds. The zero-order valence-electron chi connectivity index (χ0n) is 14.2. The van der Waals surface area contributed by atoms with E-state index in [1.165, 1.54) is 15.3 Å². The van der Waals surface area contributed by atoms with Crippen LogP contribution in [0.15, 0.2) is 53.2 Å². The summed E-state index contributed by atoms with van der Waals surface area (Å²) in [7, 11) is 1.68. The quantitative estimate of drug-likeness (QED) is 0.619. The third kappa shape index (κ3) is 3.59. The zero-order valence-corrected chi connectivity index (χ0v) is 15.8. The Morgan fingerprint density at radius 2 is 1.88 bits per heavy atom. The van der Waals surface area contributed by atoms with E-state index in [0.717, 1.165) is 31.0 Å². The Morgan fingerprint density at radius 1 is 1.04 bits per heavy atom. The highest BCUT2D eigenvalue weighted by atomic mass is 32.1. The Bertz CT molecular complexity index is 795. The molecule has 3 aromatic rings. The average Bonchev–Trinajstić information content (AvgIpc) is 3.33. The van der Waals surface area contributed by atoms with Gasteiger partial charge in [-0.15, -0.1) is 22.7 Å². The molecule has 1 aromatic carbocycles. The van der Waals surface area contributed by atoms with Gasteiger partial charge in [0.25, 0.3) is 0 Å². The summed E-state index contributed by atoms with van der Waals surface area (Å²) in [5.74, 6) is 1.74. The van der Waals surface area contributed by atoms with Gasteiger partial charge in [0.2, 0.25) is 0 Å². The fourth-order valence-corrected chi connectivity index (χ4v) is 5.12. The highest BCUT2D eigenvalue weighted by Gasteiger charge is 2.29. The number of benzene rings is 1. The van der Waals surface area contributed by atoms with Crippen LogP contribution in [-0.4, -0.2) is 31.7 Å². The number of methoxy groups -OCH3 is 1. The van der Waals surface area contributed by atoms with E-state index in [1.54, 1.807) is 7.11 Å². The van der Waals surface area contributed by atoms with Gasteiger partial charge < -0.3 is 9.47 Å². The number of ether oxygens (including phenoxy) is 2. The van der Waals surface area contributed by atoms with Crippen LogP contribution in [0.1, 0.15) is 21.4 Å². The van der Waals surface area contributed by atoms with Crippen LogP contribution in [-0.2, 0) is 6.42 Å². The number of nitrogens with zero attached hydrogens (tertiary/aromatic N) is 1. The molecular formula is C20H21NO2S2. The molecule has 1 unspecified atom stereocenters. The lowest BCUT2D eigenvalue weighted by atomic mass is 9.98. The van der Waals surface area contributed by atoms with Crippen molar-refractivity contribution in [3.05, 3.63) is 68.5 Å². The van der Waals surface area contributed by atoms with Gasteiger partial charge in [-0.05, 0) is 59.1 Å². The van der Waals surface area contributed by atoms with Gasteiger partial charge in [-0.1, -0.05) is 6.07 Å². The van der Waals surface area contributed by atoms with Crippen molar-refractivity contribution in [1.82, 2.24) is 4.90 Å². The van der Waals surface area contributed by atoms with E-state index in [1.807, 2.05) is 46.9 Å². The van der Waals surface area contributed by atoms with E-state index >= 15 is 0 Å². The maximum Gasteiger partial charge on any atom is 0.119 e. The first-order valence-corrected chi connectivity index (χ1v) is 10.2. The van der Waals surface area contributed by atoms with Crippen LogP contribution in [0.2, 0.25) is 0 Å². The summed E-state index contributed by atoms with van der Waals surface area (Å²) in [5, 5.41) is 4.39. The topological polar surface area (TPSA) is 21.7 Å². The van der Waals surface area contributed by atoms with Gasteiger partial charge in [-0.3, -0.25) is 4.90 Å². The lowest BCUT2D eigenvalue weighted by molar-refractivity contribution is 0.173. The molecule has 4 rings (SSSR count). The van der Waals surface area contributed by atoms with Gasteiger partial charge in [-0.25, -0.2) is 0 Å². The van der Waals surface area contributed by atoms with Crippen LogP contribution in [0.25, 0.3) is 0 Å². The molecule has 0 bridgehead atoms. The predicted molar refractivity (Wildman–Crippen MR) is 104 cm³/mol. The van der Waals surface area contributed by atoms with Gasteiger partial charge in [0.05, 0.1) is 13.2 Å². The van der Waals surface area contributed by atoms with Crippen LogP contribution in [0.3, 0.4) is 0 Å². The molecule has 0 saturated carbocycles. The van der Waals surface area contributed by atoms with E-state index in [0.29, 0.717) is 12.6 Å². The zero-order chi connectivity index (χ0) is 17.1. The van der Waals surface area contributed by atoms with Gasteiger partial charge in [0, 0.05) is 22.8 Å². The lowest BCUT2D eigenvalue weighted by Gasteiger charge is -2.35. The monoisotopic (exact) mass is 371 g/mol. The van der Waals surface area contributed by atoms with Gasteiger partial charge in [-0.2, -0.15) is 0 Å². The molecule has 0 radical (unpaired) electrons. The highest BCUT2D eigenvalue weighted by Crippen LogP contribution is 2.39. The van der Waals surface area contributed by atoms with Crippen molar-refractivity contribution in [2.75, 3.05) is 26.8 Å². The molecule has 3 nitrogen and oxygen atoms in total.